The maximum Gasteiger partial charge on any atom is 0.242 e. The second kappa shape index (κ2) is 11.8. The Balaban J connectivity index is 1.57. The van der Waals surface area contributed by atoms with Crippen LogP contribution in [0.3, 0.4) is 0 Å². The quantitative estimate of drug-likeness (QED) is 0.558. The molecule has 0 radical (unpaired) electrons. The van der Waals surface area contributed by atoms with Crippen LogP contribution in [-0.4, -0.2) is 34.6 Å². The summed E-state index contributed by atoms with van der Waals surface area (Å²) in [5.41, 5.74) is 2.31. The largest absolute Gasteiger partial charge is 0.352 e. The number of amides is 2. The number of benzene rings is 2. The molecule has 1 atom stereocenters. The number of thioether (sulfide) groups is 1. The fraction of sp³-hybridized carbons (Fsp3) is 0.440. The summed E-state index contributed by atoms with van der Waals surface area (Å²) in [7, 11) is 0. The van der Waals surface area contributed by atoms with Crippen molar-refractivity contribution in [1.29, 1.82) is 0 Å². The van der Waals surface area contributed by atoms with Crippen LogP contribution < -0.4 is 5.32 Å². The predicted octanol–water partition coefficient (Wildman–Crippen LogP) is 4.79. The van der Waals surface area contributed by atoms with Crippen molar-refractivity contribution in [3.63, 3.8) is 0 Å². The predicted molar refractivity (Wildman–Crippen MR) is 124 cm³/mol. The summed E-state index contributed by atoms with van der Waals surface area (Å²) in [6.45, 7) is 2.31. The van der Waals surface area contributed by atoms with Crippen molar-refractivity contribution in [3.05, 3.63) is 71.8 Å². The number of nitrogens with zero attached hydrogens (tertiary/aromatic N) is 1. The van der Waals surface area contributed by atoms with Gasteiger partial charge in [-0.1, -0.05) is 73.5 Å². The lowest BCUT2D eigenvalue weighted by molar-refractivity contribution is -0.140. The van der Waals surface area contributed by atoms with Crippen molar-refractivity contribution in [1.82, 2.24) is 10.2 Å². The zero-order valence-electron chi connectivity index (χ0n) is 17.8. The highest BCUT2D eigenvalue weighted by Gasteiger charge is 2.28. The van der Waals surface area contributed by atoms with Gasteiger partial charge >= 0.3 is 0 Å². The summed E-state index contributed by atoms with van der Waals surface area (Å²) in [5.74, 6) is 1.64. The second-order valence-corrected chi connectivity index (χ2v) is 9.07. The van der Waals surface area contributed by atoms with E-state index in [4.69, 9.17) is 0 Å². The maximum atomic E-state index is 13.1. The molecule has 0 aliphatic heterocycles. The van der Waals surface area contributed by atoms with Crippen LogP contribution in [0.4, 0.5) is 0 Å². The molecular weight excluding hydrogens is 392 g/mol. The minimum atomic E-state index is -0.475. The lowest BCUT2D eigenvalue weighted by atomic mass is 10.1. The third-order valence-electron chi connectivity index (χ3n) is 5.64. The van der Waals surface area contributed by atoms with E-state index in [1.165, 1.54) is 18.4 Å². The topological polar surface area (TPSA) is 49.4 Å². The fourth-order valence-electron chi connectivity index (χ4n) is 3.82. The summed E-state index contributed by atoms with van der Waals surface area (Å²) < 4.78 is 0. The summed E-state index contributed by atoms with van der Waals surface area (Å²) in [4.78, 5) is 27.7. The van der Waals surface area contributed by atoms with Crippen LogP contribution in [0.15, 0.2) is 60.7 Å². The van der Waals surface area contributed by atoms with Crippen molar-refractivity contribution in [2.24, 2.45) is 0 Å². The molecule has 0 aromatic heterocycles. The summed E-state index contributed by atoms with van der Waals surface area (Å²) >= 11 is 1.76. The molecule has 0 saturated heterocycles. The molecule has 1 aliphatic carbocycles. The van der Waals surface area contributed by atoms with Crippen LogP contribution in [0, 0.1) is 0 Å². The average Bonchev–Trinajstić information content (AvgIpc) is 3.29. The summed E-state index contributed by atoms with van der Waals surface area (Å²) in [6.07, 6.45) is 4.86. The van der Waals surface area contributed by atoms with Crippen LogP contribution in [0.2, 0.25) is 0 Å². The van der Waals surface area contributed by atoms with Gasteiger partial charge in [-0.15, -0.1) is 0 Å². The van der Waals surface area contributed by atoms with Gasteiger partial charge in [0.15, 0.2) is 0 Å². The Morgan fingerprint density at radius 1 is 1.00 bits per heavy atom. The van der Waals surface area contributed by atoms with Gasteiger partial charge in [-0.05, 0) is 30.9 Å². The Bertz CT molecular complexity index is 791. The molecule has 0 bridgehead atoms. The van der Waals surface area contributed by atoms with Gasteiger partial charge in [-0.25, -0.2) is 0 Å². The SMILES string of the molecule is CC(C(=O)NC1CCCC1)N(Cc1ccccc1)C(=O)CCSCc1ccccc1. The van der Waals surface area contributed by atoms with Crippen LogP contribution in [0.5, 0.6) is 0 Å². The number of nitrogens with one attached hydrogen (secondary N) is 1. The van der Waals surface area contributed by atoms with Gasteiger partial charge in [-0.2, -0.15) is 11.8 Å². The van der Waals surface area contributed by atoms with Crippen molar-refractivity contribution in [2.75, 3.05) is 5.75 Å². The molecule has 4 nitrogen and oxygen atoms in total. The van der Waals surface area contributed by atoms with E-state index in [0.29, 0.717) is 13.0 Å². The molecule has 1 aliphatic rings. The van der Waals surface area contributed by atoms with E-state index in [2.05, 4.69) is 17.4 Å². The van der Waals surface area contributed by atoms with E-state index in [0.717, 1.165) is 29.9 Å². The molecule has 1 saturated carbocycles. The molecule has 1 unspecified atom stereocenters. The zero-order valence-corrected chi connectivity index (χ0v) is 18.6. The first-order valence-corrected chi connectivity index (χ1v) is 12.0. The van der Waals surface area contributed by atoms with Gasteiger partial charge in [0.25, 0.3) is 0 Å². The van der Waals surface area contributed by atoms with Crippen molar-refractivity contribution in [2.45, 2.75) is 63.4 Å². The van der Waals surface area contributed by atoms with Crippen molar-refractivity contribution in [3.8, 4) is 0 Å². The Hall–Kier alpha value is -2.27. The number of hydrogen-bond acceptors (Lipinski definition) is 3. The molecule has 2 aromatic rings. The normalized spacial score (nSPS) is 15.0. The standard InChI is InChI=1S/C25H32N2O2S/c1-20(25(29)26-23-14-8-9-15-23)27(18-21-10-4-2-5-11-21)24(28)16-17-30-19-22-12-6-3-7-13-22/h2-7,10-13,20,23H,8-9,14-19H2,1H3,(H,26,29). The number of rotatable bonds is 10. The molecule has 2 amide bonds. The van der Waals surface area contributed by atoms with E-state index in [-0.39, 0.29) is 17.9 Å². The Labute approximate surface area is 184 Å². The number of carbonyl (C=O) groups excluding carboxylic acids is 2. The average molecular weight is 425 g/mol. The van der Waals surface area contributed by atoms with Gasteiger partial charge in [0, 0.05) is 30.5 Å². The molecule has 3 rings (SSSR count). The molecule has 0 heterocycles. The fourth-order valence-corrected chi connectivity index (χ4v) is 4.71. The third-order valence-corrected chi connectivity index (χ3v) is 6.67. The molecule has 0 spiro atoms. The minimum absolute atomic E-state index is 0.0356. The summed E-state index contributed by atoms with van der Waals surface area (Å²) in [5, 5.41) is 3.15. The van der Waals surface area contributed by atoms with E-state index < -0.39 is 6.04 Å². The molecule has 1 N–H and O–H groups in total. The van der Waals surface area contributed by atoms with Gasteiger partial charge in [0.1, 0.15) is 6.04 Å². The molecule has 1 fully saturated rings. The highest BCUT2D eigenvalue weighted by molar-refractivity contribution is 7.98. The van der Waals surface area contributed by atoms with Crippen LogP contribution in [-0.2, 0) is 21.9 Å². The third kappa shape index (κ3) is 6.91. The van der Waals surface area contributed by atoms with Gasteiger partial charge < -0.3 is 10.2 Å². The highest BCUT2D eigenvalue weighted by atomic mass is 32.2. The first-order valence-electron chi connectivity index (χ1n) is 10.9. The lowest BCUT2D eigenvalue weighted by Crippen LogP contribution is -2.49. The maximum absolute atomic E-state index is 13.1. The van der Waals surface area contributed by atoms with Gasteiger partial charge in [0.05, 0.1) is 0 Å². The van der Waals surface area contributed by atoms with Crippen molar-refractivity contribution >= 4 is 23.6 Å². The highest BCUT2D eigenvalue weighted by Crippen LogP contribution is 2.19. The van der Waals surface area contributed by atoms with Gasteiger partial charge in [-0.3, -0.25) is 9.59 Å². The first kappa shape index (κ1) is 22.4. The Morgan fingerprint density at radius 3 is 2.23 bits per heavy atom. The molecule has 2 aromatic carbocycles. The Kier molecular flexibility index (Phi) is 8.81. The zero-order chi connectivity index (χ0) is 21.2. The minimum Gasteiger partial charge on any atom is -0.352 e. The summed E-state index contributed by atoms with van der Waals surface area (Å²) in [6, 6.07) is 20.0. The molecule has 160 valence electrons. The Morgan fingerprint density at radius 2 is 1.60 bits per heavy atom. The molecule has 5 heteroatoms. The second-order valence-electron chi connectivity index (χ2n) is 7.96. The van der Waals surface area contributed by atoms with E-state index in [9.17, 15) is 9.59 Å². The molecular formula is C25H32N2O2S. The monoisotopic (exact) mass is 424 g/mol. The molecule has 30 heavy (non-hydrogen) atoms. The first-order chi connectivity index (χ1) is 14.6. The van der Waals surface area contributed by atoms with Crippen LogP contribution in [0.1, 0.15) is 50.2 Å². The van der Waals surface area contributed by atoms with E-state index in [1.807, 2.05) is 55.5 Å². The number of hydrogen-bond donors (Lipinski definition) is 1. The van der Waals surface area contributed by atoms with Crippen LogP contribution in [0.25, 0.3) is 0 Å². The van der Waals surface area contributed by atoms with Crippen molar-refractivity contribution < 1.29 is 9.59 Å². The van der Waals surface area contributed by atoms with E-state index in [1.54, 1.807) is 16.7 Å². The van der Waals surface area contributed by atoms with Gasteiger partial charge in [0.2, 0.25) is 11.8 Å². The lowest BCUT2D eigenvalue weighted by Gasteiger charge is -2.29. The van der Waals surface area contributed by atoms with Crippen LogP contribution >= 0.6 is 11.8 Å². The number of carbonyl (C=O) groups is 2. The smallest absolute Gasteiger partial charge is 0.242 e. The van der Waals surface area contributed by atoms with E-state index >= 15 is 0 Å².